The number of nitrogens with one attached hydrogen (secondary N) is 1. The molecule has 23 heavy (non-hydrogen) atoms. The molecule has 1 atom stereocenters. The Bertz CT molecular complexity index is 696. The van der Waals surface area contributed by atoms with Crippen LogP contribution in [0.2, 0.25) is 0 Å². The second-order valence-corrected chi connectivity index (χ2v) is 5.38. The number of hydrogen-bond acceptors (Lipinski definition) is 4. The first-order valence-electron chi connectivity index (χ1n) is 7.52. The molecule has 2 aromatic rings. The fraction of sp³-hybridized carbons (Fsp3) is 0.222. The van der Waals surface area contributed by atoms with Gasteiger partial charge in [-0.2, -0.15) is 0 Å². The molecule has 1 unspecified atom stereocenters. The van der Waals surface area contributed by atoms with Crippen LogP contribution in [-0.4, -0.2) is 36.0 Å². The highest BCUT2D eigenvalue weighted by Gasteiger charge is 2.22. The van der Waals surface area contributed by atoms with Crippen molar-refractivity contribution in [2.24, 2.45) is 5.16 Å². The third-order valence-electron chi connectivity index (χ3n) is 3.73. The van der Waals surface area contributed by atoms with Gasteiger partial charge in [0, 0.05) is 6.42 Å². The number of aliphatic hydroxyl groups is 1. The monoisotopic (exact) mass is 310 g/mol. The molecule has 0 radical (unpaired) electrons. The Morgan fingerprint density at radius 3 is 2.43 bits per heavy atom. The predicted octanol–water partition coefficient (Wildman–Crippen LogP) is 1.96. The van der Waals surface area contributed by atoms with E-state index >= 15 is 0 Å². The van der Waals surface area contributed by atoms with Gasteiger partial charge in [-0.1, -0.05) is 59.8 Å². The Labute approximate surface area is 134 Å². The first-order valence-corrected chi connectivity index (χ1v) is 7.52. The first-order chi connectivity index (χ1) is 11.3. The van der Waals surface area contributed by atoms with Gasteiger partial charge < -0.3 is 15.3 Å². The van der Waals surface area contributed by atoms with Crippen molar-refractivity contribution in [2.45, 2.75) is 12.5 Å². The van der Waals surface area contributed by atoms with Gasteiger partial charge in [0.1, 0.15) is 12.7 Å². The molecular formula is C18H18N2O3. The molecule has 1 aliphatic heterocycles. The minimum absolute atomic E-state index is 0.186. The number of carbonyl (C=O) groups excluding carboxylic acids is 1. The van der Waals surface area contributed by atoms with Crippen molar-refractivity contribution in [3.8, 4) is 11.1 Å². The van der Waals surface area contributed by atoms with Gasteiger partial charge in [-0.25, -0.2) is 0 Å². The van der Waals surface area contributed by atoms with Gasteiger partial charge >= 0.3 is 0 Å². The van der Waals surface area contributed by atoms with Crippen molar-refractivity contribution < 1.29 is 14.7 Å². The zero-order valence-corrected chi connectivity index (χ0v) is 12.6. The average Bonchev–Trinajstić information content (AvgIpc) is 3.09. The molecular weight excluding hydrogens is 292 g/mol. The molecule has 0 aliphatic carbocycles. The molecule has 0 saturated heterocycles. The fourth-order valence-electron chi connectivity index (χ4n) is 2.48. The summed E-state index contributed by atoms with van der Waals surface area (Å²) in [4.78, 5) is 16.4. The van der Waals surface area contributed by atoms with E-state index in [1.165, 1.54) is 5.56 Å². The van der Waals surface area contributed by atoms with Crippen molar-refractivity contribution in [3.63, 3.8) is 0 Å². The highest BCUT2D eigenvalue weighted by atomic mass is 16.6. The molecule has 5 nitrogen and oxygen atoms in total. The Kier molecular flexibility index (Phi) is 4.68. The molecule has 0 aromatic heterocycles. The fourth-order valence-corrected chi connectivity index (χ4v) is 2.48. The maximum atomic E-state index is 11.0. The summed E-state index contributed by atoms with van der Waals surface area (Å²) >= 11 is 0. The van der Waals surface area contributed by atoms with Crippen LogP contribution >= 0.6 is 0 Å². The number of nitrogens with zero attached hydrogens (tertiary/aromatic N) is 1. The molecule has 118 valence electrons. The van der Waals surface area contributed by atoms with Crippen LogP contribution < -0.4 is 5.32 Å². The Morgan fingerprint density at radius 1 is 1.09 bits per heavy atom. The van der Waals surface area contributed by atoms with Crippen molar-refractivity contribution in [1.29, 1.82) is 0 Å². The number of hydrogen-bond donors (Lipinski definition) is 2. The minimum atomic E-state index is -0.513. The van der Waals surface area contributed by atoms with E-state index in [0.717, 1.165) is 16.8 Å². The second kappa shape index (κ2) is 7.07. The van der Waals surface area contributed by atoms with E-state index in [1.807, 2.05) is 30.3 Å². The van der Waals surface area contributed by atoms with E-state index in [0.29, 0.717) is 13.0 Å². The van der Waals surface area contributed by atoms with Crippen molar-refractivity contribution in [3.05, 3.63) is 60.2 Å². The molecule has 1 amide bonds. The number of benzene rings is 2. The summed E-state index contributed by atoms with van der Waals surface area (Å²) in [6, 6.07) is 18.4. The van der Waals surface area contributed by atoms with Crippen LogP contribution in [0.5, 0.6) is 0 Å². The third kappa shape index (κ3) is 3.76. The summed E-state index contributed by atoms with van der Waals surface area (Å²) in [5, 5.41) is 15.4. The van der Waals surface area contributed by atoms with Crippen LogP contribution in [-0.2, 0) is 9.63 Å². The van der Waals surface area contributed by atoms with Gasteiger partial charge in [-0.15, -0.1) is 0 Å². The number of oxime groups is 1. The molecule has 0 bridgehead atoms. The summed E-state index contributed by atoms with van der Waals surface area (Å²) in [6.45, 7) is -0.171. The van der Waals surface area contributed by atoms with Crippen LogP contribution in [0.1, 0.15) is 12.0 Å². The number of rotatable bonds is 5. The Hall–Kier alpha value is -2.66. The zero-order valence-electron chi connectivity index (χ0n) is 12.6. The zero-order chi connectivity index (χ0) is 16.1. The normalized spacial score (nSPS) is 16.6. The molecule has 0 spiro atoms. The summed E-state index contributed by atoms with van der Waals surface area (Å²) in [5.41, 5.74) is 4.21. The van der Waals surface area contributed by atoms with Crippen LogP contribution in [0.25, 0.3) is 11.1 Å². The highest BCUT2D eigenvalue weighted by molar-refractivity contribution is 6.01. The summed E-state index contributed by atoms with van der Waals surface area (Å²) in [7, 11) is 0. The minimum Gasteiger partial charge on any atom is -0.390 e. The lowest BCUT2D eigenvalue weighted by molar-refractivity contribution is -0.124. The summed E-state index contributed by atoms with van der Waals surface area (Å²) in [6.07, 6.45) is 0.449. The van der Waals surface area contributed by atoms with Crippen LogP contribution in [0, 0.1) is 0 Å². The lowest BCUT2D eigenvalue weighted by Gasteiger charge is -2.08. The van der Waals surface area contributed by atoms with Crippen molar-refractivity contribution in [2.75, 3.05) is 13.2 Å². The van der Waals surface area contributed by atoms with Gasteiger partial charge in [0.05, 0.1) is 12.3 Å². The molecule has 3 rings (SSSR count). The second-order valence-electron chi connectivity index (χ2n) is 5.38. The van der Waals surface area contributed by atoms with Crippen LogP contribution in [0.15, 0.2) is 59.8 Å². The lowest BCUT2D eigenvalue weighted by atomic mass is 10.0. The molecule has 1 aliphatic rings. The van der Waals surface area contributed by atoms with E-state index in [-0.39, 0.29) is 6.10 Å². The van der Waals surface area contributed by atoms with Crippen molar-refractivity contribution >= 4 is 11.6 Å². The quantitative estimate of drug-likeness (QED) is 0.887. The number of aliphatic hydroxyl groups excluding tert-OH is 1. The van der Waals surface area contributed by atoms with Crippen LogP contribution in [0.4, 0.5) is 0 Å². The number of carbonyl (C=O) groups is 1. The summed E-state index contributed by atoms with van der Waals surface area (Å²) in [5.74, 6) is -0.408. The molecule has 1 heterocycles. The van der Waals surface area contributed by atoms with Crippen molar-refractivity contribution in [1.82, 2.24) is 5.32 Å². The smallest absolute Gasteiger partial charge is 0.245 e. The first kappa shape index (κ1) is 15.2. The molecule has 0 fully saturated rings. The predicted molar refractivity (Wildman–Crippen MR) is 88.0 cm³/mol. The van der Waals surface area contributed by atoms with Crippen LogP contribution in [0.3, 0.4) is 0 Å². The largest absolute Gasteiger partial charge is 0.390 e. The maximum absolute atomic E-state index is 11.0. The molecule has 2 aromatic carbocycles. The molecule has 5 heteroatoms. The van der Waals surface area contributed by atoms with Gasteiger partial charge in [-0.05, 0) is 16.7 Å². The van der Waals surface area contributed by atoms with Gasteiger partial charge in [0.25, 0.3) is 0 Å². The van der Waals surface area contributed by atoms with E-state index in [4.69, 9.17) is 9.94 Å². The molecule has 0 saturated carbocycles. The van der Waals surface area contributed by atoms with E-state index < -0.39 is 12.5 Å². The SMILES string of the molecule is O=C(CO)NCC1CC(c2ccc(-c3ccccc3)cc2)=NO1. The third-order valence-corrected chi connectivity index (χ3v) is 3.73. The topological polar surface area (TPSA) is 70.9 Å². The van der Waals surface area contributed by atoms with Gasteiger partial charge in [-0.3, -0.25) is 4.79 Å². The van der Waals surface area contributed by atoms with Gasteiger partial charge in [0.15, 0.2) is 0 Å². The van der Waals surface area contributed by atoms with E-state index in [1.54, 1.807) is 0 Å². The maximum Gasteiger partial charge on any atom is 0.245 e. The Morgan fingerprint density at radius 2 is 1.74 bits per heavy atom. The lowest BCUT2D eigenvalue weighted by Crippen LogP contribution is -2.33. The Balaban J connectivity index is 1.61. The summed E-state index contributed by atoms with van der Waals surface area (Å²) < 4.78 is 0. The standard InChI is InChI=1S/C18H18N2O3/c21-12-18(22)19-11-16-10-17(20-23-16)15-8-6-14(7-9-15)13-4-2-1-3-5-13/h1-9,16,21H,10-12H2,(H,19,22). The highest BCUT2D eigenvalue weighted by Crippen LogP contribution is 2.22. The van der Waals surface area contributed by atoms with E-state index in [9.17, 15) is 4.79 Å². The van der Waals surface area contributed by atoms with E-state index in [2.05, 4.69) is 34.7 Å². The molecule has 2 N–H and O–H groups in total. The number of amides is 1. The van der Waals surface area contributed by atoms with Gasteiger partial charge in [0.2, 0.25) is 5.91 Å². The average molecular weight is 310 g/mol.